The molecule has 83 heavy (non-hydrogen) atoms. The van der Waals surface area contributed by atoms with Gasteiger partial charge in [0, 0.05) is 65.4 Å². The predicted molar refractivity (Wildman–Crippen MR) is 316 cm³/mol. The lowest BCUT2D eigenvalue weighted by Gasteiger charge is -2.38. The van der Waals surface area contributed by atoms with Crippen LogP contribution in [0.1, 0.15) is 131 Å². The van der Waals surface area contributed by atoms with Gasteiger partial charge in [-0.25, -0.2) is 4.79 Å². The molecule has 8 unspecified atom stereocenters. The number of cyclic esters (lactones) is 1. The van der Waals surface area contributed by atoms with Crippen LogP contribution in [0.2, 0.25) is 0 Å². The number of esters is 1. The lowest BCUT2D eigenvalue weighted by molar-refractivity contribution is -0.176. The molecule has 20 nitrogen and oxygen atoms in total. The molecule has 5 rings (SSSR count). The number of hydrogen-bond donors (Lipinski definition) is 4. The molecule has 0 bridgehead atoms. The number of likely N-dealkylation sites (N-methyl/N-ethyl adjacent to an activating group) is 4. The summed E-state index contributed by atoms with van der Waals surface area (Å²) in [5.74, 6) is -7.61. The van der Waals surface area contributed by atoms with Crippen LogP contribution < -0.4 is 16.0 Å². The summed E-state index contributed by atoms with van der Waals surface area (Å²) in [6, 6.07) is 11.6. The molecule has 3 heterocycles. The minimum absolute atomic E-state index is 0.00665. The molecule has 0 spiro atoms. The fourth-order valence-electron chi connectivity index (χ4n) is 10.7. The Morgan fingerprint density at radius 1 is 0.675 bits per heavy atom. The molecule has 8 amide bonds. The monoisotopic (exact) mass is 1150 g/mol. The quantitative estimate of drug-likeness (QED) is 0.167. The van der Waals surface area contributed by atoms with Crippen molar-refractivity contribution in [1.29, 1.82) is 0 Å². The van der Waals surface area contributed by atoms with Crippen LogP contribution in [0.5, 0.6) is 0 Å². The maximum Gasteiger partial charge on any atom is 0.332 e. The number of fused-ring (bicyclic) bond motifs is 1. The molecule has 10 atom stereocenters. The summed E-state index contributed by atoms with van der Waals surface area (Å²) in [7, 11) is 5.55. The van der Waals surface area contributed by atoms with E-state index in [0.29, 0.717) is 30.4 Å². The van der Waals surface area contributed by atoms with Gasteiger partial charge in [0.05, 0.1) is 12.1 Å². The summed E-state index contributed by atoms with van der Waals surface area (Å²) in [5, 5.41) is 20.2. The molecule has 0 radical (unpaired) electrons. The first kappa shape index (κ1) is 66.6. The van der Waals surface area contributed by atoms with E-state index >= 15 is 9.59 Å². The summed E-state index contributed by atoms with van der Waals surface area (Å²) >= 11 is 0. The van der Waals surface area contributed by atoms with Crippen LogP contribution in [0.4, 0.5) is 0 Å². The maximum absolute atomic E-state index is 15.5. The Morgan fingerprint density at radius 2 is 1.30 bits per heavy atom. The van der Waals surface area contributed by atoms with E-state index in [1.165, 1.54) is 63.7 Å². The minimum atomic E-state index is -1.96. The van der Waals surface area contributed by atoms with Crippen LogP contribution in [0.25, 0.3) is 11.1 Å². The number of nitrogens with one attached hydrogen (secondary N) is 3. The van der Waals surface area contributed by atoms with Crippen molar-refractivity contribution in [2.45, 2.75) is 181 Å². The van der Waals surface area contributed by atoms with Gasteiger partial charge in [0.2, 0.25) is 41.4 Å². The first-order valence-corrected chi connectivity index (χ1v) is 29.3. The summed E-state index contributed by atoms with van der Waals surface area (Å²) in [5.41, 5.74) is 2.06. The fourth-order valence-corrected chi connectivity index (χ4v) is 10.7. The predicted octanol–water partition coefficient (Wildman–Crippen LogP) is 4.90. The van der Waals surface area contributed by atoms with Crippen molar-refractivity contribution in [3.63, 3.8) is 0 Å². The van der Waals surface area contributed by atoms with Gasteiger partial charge in [0.1, 0.15) is 36.3 Å². The molecule has 4 N–H and O–H groups in total. The maximum atomic E-state index is 15.5. The number of carbonyl (C=O) groups is 9. The van der Waals surface area contributed by atoms with Gasteiger partial charge in [-0.05, 0) is 98.6 Å². The van der Waals surface area contributed by atoms with E-state index in [4.69, 9.17) is 4.74 Å². The lowest BCUT2D eigenvalue weighted by Crippen LogP contribution is -2.62. The number of carbonyl (C=O) groups excluding carboxylic acids is 9. The average Bonchev–Trinajstić information content (AvgIpc) is 3.99. The first-order valence-electron chi connectivity index (χ1n) is 29.3. The third-order valence-electron chi connectivity index (χ3n) is 16.4. The Labute approximate surface area is 490 Å². The van der Waals surface area contributed by atoms with E-state index in [1.807, 2.05) is 63.2 Å². The number of hydrogen-bond acceptors (Lipinski definition) is 12. The highest BCUT2D eigenvalue weighted by atomic mass is 16.6. The van der Waals surface area contributed by atoms with Crippen molar-refractivity contribution < 1.29 is 53.0 Å². The summed E-state index contributed by atoms with van der Waals surface area (Å²) < 4.78 is 5.98. The second-order valence-electron chi connectivity index (χ2n) is 24.1. The van der Waals surface area contributed by atoms with Gasteiger partial charge < -0.3 is 50.3 Å². The molecule has 454 valence electrons. The normalized spacial score (nSPS) is 24.8. The zero-order valence-electron chi connectivity index (χ0n) is 51.4. The summed E-state index contributed by atoms with van der Waals surface area (Å²) in [4.78, 5) is 143. The zero-order chi connectivity index (χ0) is 61.8. The fraction of sp³-hybridized carbons (Fsp3) is 0.587. The first-order chi connectivity index (χ1) is 39.0. The minimum Gasteiger partial charge on any atom is -0.450 e. The van der Waals surface area contributed by atoms with Gasteiger partial charge in [0.25, 0.3) is 5.91 Å². The number of rotatable bonds is 13. The van der Waals surface area contributed by atoms with Gasteiger partial charge >= 0.3 is 5.97 Å². The number of pyridine rings is 1. The number of nitrogens with zero attached hydrogens (tertiary/aromatic N) is 6. The van der Waals surface area contributed by atoms with E-state index in [1.54, 1.807) is 51.2 Å². The Morgan fingerprint density at radius 3 is 1.92 bits per heavy atom. The van der Waals surface area contributed by atoms with Gasteiger partial charge in [-0.1, -0.05) is 116 Å². The van der Waals surface area contributed by atoms with Crippen molar-refractivity contribution in [2.75, 3.05) is 41.3 Å². The molecule has 0 saturated carbocycles. The molecule has 2 saturated heterocycles. The summed E-state index contributed by atoms with van der Waals surface area (Å²) in [6.45, 7) is 18.5. The van der Waals surface area contributed by atoms with Gasteiger partial charge in [-0.15, -0.1) is 0 Å². The Kier molecular flexibility index (Phi) is 23.5. The highest BCUT2D eigenvalue weighted by molar-refractivity contribution is 5.98. The molecule has 0 aliphatic carbocycles. The van der Waals surface area contributed by atoms with Crippen molar-refractivity contribution in [1.82, 2.24) is 45.4 Å². The number of ether oxygens (including phenoxy) is 1. The van der Waals surface area contributed by atoms with Crippen molar-refractivity contribution in [2.24, 2.45) is 17.8 Å². The van der Waals surface area contributed by atoms with Crippen LogP contribution in [0.3, 0.4) is 0 Å². The standard InChI is InChI=1S/C63H91N9O11/c1-16-39(7)52-60(79)69(13)41(9)55(74)66-47(31-37(3)4)58(77)71(15)54(63(10,11)82)62(81)83-53(40(8)17-2)61(80)68(12)36-51(73)65-48(33-42-23-19-18-20-24-42)57(76)70(14)50(59(78)72-30-22-27-49(72)56(75)67-52)34-43-25-21-26-44(32-43)45-28-29-64-46(35-45)38(5)6/h18-21,23-26,28-29,32,35,37-41,47-50,52-54,82H,16-17,22,27,30-31,33-34,36H2,1-15H3,(H,65,73)(H,66,74)(H,67,75)/t39?,40?,41-,47?,48?,49?,50?,52?,53+,54?/m0/s1. The van der Waals surface area contributed by atoms with Crippen molar-refractivity contribution >= 4 is 53.2 Å². The van der Waals surface area contributed by atoms with Crippen molar-refractivity contribution in [3.05, 3.63) is 89.7 Å². The Bertz CT molecular complexity index is 2780. The van der Waals surface area contributed by atoms with E-state index < -0.39 is 126 Å². The topological polar surface area (TPSA) is 248 Å². The average molecular weight is 1150 g/mol. The molecule has 2 aromatic carbocycles. The number of aromatic nitrogens is 1. The molecule has 2 aliphatic heterocycles. The molecular weight excluding hydrogens is 1060 g/mol. The van der Waals surface area contributed by atoms with Gasteiger partial charge in [-0.2, -0.15) is 0 Å². The number of amides is 8. The Hall–Kier alpha value is -7.22. The van der Waals surface area contributed by atoms with E-state index in [2.05, 4.69) is 34.8 Å². The highest BCUT2D eigenvalue weighted by Gasteiger charge is 2.47. The van der Waals surface area contributed by atoms with Gasteiger partial charge in [0.15, 0.2) is 12.1 Å². The molecule has 20 heteroatoms. The zero-order valence-corrected chi connectivity index (χ0v) is 51.4. The molecule has 3 aromatic rings. The smallest absolute Gasteiger partial charge is 0.332 e. The van der Waals surface area contributed by atoms with Crippen molar-refractivity contribution in [3.8, 4) is 11.1 Å². The van der Waals surface area contributed by atoms with E-state index in [9.17, 15) is 38.7 Å². The van der Waals surface area contributed by atoms with Gasteiger partial charge in [-0.3, -0.25) is 43.3 Å². The number of benzene rings is 2. The molecule has 1 aromatic heterocycles. The van der Waals surface area contributed by atoms with E-state index in [-0.39, 0.29) is 44.1 Å². The SMILES string of the molecule is CCC(C)C1NC(=O)C2CCCN2C(=O)C(Cc2cccc(-c3ccnc(C(C)C)c3)c2)N(C)C(=O)C(Cc2ccccc2)NC(=O)CN(C)C(=O)[C@@H](C(C)CC)OC(=O)C(C(C)(C)O)N(C)C(=O)C(CC(C)C)NC(=O)[C@H](C)N(C)C1=O. The lowest BCUT2D eigenvalue weighted by atomic mass is 9.94. The summed E-state index contributed by atoms with van der Waals surface area (Å²) in [6.07, 6.45) is 1.74. The van der Waals surface area contributed by atoms with Crippen LogP contribution in [0, 0.1) is 17.8 Å². The van der Waals surface area contributed by atoms with Crippen LogP contribution in [0.15, 0.2) is 72.9 Å². The second-order valence-corrected chi connectivity index (χ2v) is 24.1. The van der Waals surface area contributed by atoms with Crippen LogP contribution in [-0.4, -0.2) is 183 Å². The second kappa shape index (κ2) is 29.3. The third kappa shape index (κ3) is 17.0. The van der Waals surface area contributed by atoms with E-state index in [0.717, 1.165) is 26.6 Å². The Balaban J connectivity index is 1.66. The molecule has 2 fully saturated rings. The third-order valence-corrected chi connectivity index (χ3v) is 16.4. The highest BCUT2D eigenvalue weighted by Crippen LogP contribution is 2.28. The molecule has 2 aliphatic rings. The molecular formula is C63H91N9O11. The largest absolute Gasteiger partial charge is 0.450 e. The van der Waals surface area contributed by atoms with Crippen LogP contribution >= 0.6 is 0 Å². The number of aliphatic hydroxyl groups is 1. The van der Waals surface area contributed by atoms with Crippen LogP contribution in [-0.2, 0) is 60.7 Å².